The van der Waals surface area contributed by atoms with Crippen molar-refractivity contribution in [1.82, 2.24) is 0 Å². The topological polar surface area (TPSA) is 26.0 Å². The van der Waals surface area contributed by atoms with Crippen LogP contribution in [0.25, 0.3) is 20.2 Å². The van der Waals surface area contributed by atoms with Gasteiger partial charge in [0.25, 0.3) is 0 Å². The predicted octanol–water partition coefficient (Wildman–Crippen LogP) is 3.64. The molecule has 0 radical (unpaired) electrons. The van der Waals surface area contributed by atoms with Crippen LogP contribution in [-0.2, 0) is 0 Å². The van der Waals surface area contributed by atoms with E-state index in [0.717, 1.165) is 5.69 Å². The Morgan fingerprint density at radius 1 is 0.857 bits per heavy atom. The van der Waals surface area contributed by atoms with Gasteiger partial charge in [0, 0.05) is 25.9 Å². The lowest BCUT2D eigenvalue weighted by Gasteiger charge is -1.95. The Morgan fingerprint density at radius 3 is 2.57 bits per heavy atom. The van der Waals surface area contributed by atoms with Crippen molar-refractivity contribution in [3.05, 3.63) is 42.5 Å². The number of anilines is 1. The molecular weight excluding hydrogens is 190 g/mol. The van der Waals surface area contributed by atoms with Crippen LogP contribution in [0.3, 0.4) is 0 Å². The second-order valence-electron chi connectivity index (χ2n) is 3.32. The van der Waals surface area contributed by atoms with Crippen molar-refractivity contribution in [3.8, 4) is 0 Å². The molecule has 2 N–H and O–H groups in total. The van der Waals surface area contributed by atoms with Crippen LogP contribution in [0, 0.1) is 0 Å². The number of hydrogen-bond donors (Lipinski definition) is 1. The number of rotatable bonds is 0. The molecule has 0 fully saturated rings. The third-order valence-corrected chi connectivity index (χ3v) is 3.57. The highest BCUT2D eigenvalue weighted by Crippen LogP contribution is 2.36. The third-order valence-electron chi connectivity index (χ3n) is 2.43. The van der Waals surface area contributed by atoms with Crippen LogP contribution in [0.1, 0.15) is 0 Å². The summed E-state index contributed by atoms with van der Waals surface area (Å²) >= 11 is 1.80. The molecular formula is C12H9NS. The second-order valence-corrected chi connectivity index (χ2v) is 4.40. The van der Waals surface area contributed by atoms with Gasteiger partial charge in [0.15, 0.2) is 0 Å². The number of hydrogen-bond acceptors (Lipinski definition) is 2. The van der Waals surface area contributed by atoms with E-state index in [2.05, 4.69) is 30.3 Å². The van der Waals surface area contributed by atoms with E-state index in [0.29, 0.717) is 0 Å². The van der Waals surface area contributed by atoms with E-state index in [4.69, 9.17) is 5.73 Å². The molecule has 1 nitrogen and oxygen atoms in total. The molecule has 0 atom stereocenters. The minimum Gasteiger partial charge on any atom is -0.398 e. The fourth-order valence-corrected chi connectivity index (χ4v) is 2.94. The maximum Gasteiger partial charge on any atom is 0.0408 e. The maximum atomic E-state index is 5.97. The molecule has 68 valence electrons. The zero-order chi connectivity index (χ0) is 9.54. The SMILES string of the molecule is Nc1cccc2sc3ccccc3c12. The zero-order valence-corrected chi connectivity index (χ0v) is 8.34. The Kier molecular flexibility index (Phi) is 1.52. The Hall–Kier alpha value is -1.54. The van der Waals surface area contributed by atoms with Gasteiger partial charge >= 0.3 is 0 Å². The summed E-state index contributed by atoms with van der Waals surface area (Å²) in [5, 5.41) is 2.47. The molecule has 0 aliphatic carbocycles. The molecule has 3 aromatic rings. The van der Waals surface area contributed by atoms with Crippen molar-refractivity contribution in [2.24, 2.45) is 0 Å². The first-order valence-corrected chi connectivity index (χ1v) is 5.33. The standard InChI is InChI=1S/C12H9NS/c13-9-5-3-7-11-12(9)8-4-1-2-6-10(8)14-11/h1-7H,13H2. The third kappa shape index (κ3) is 0.946. The van der Waals surface area contributed by atoms with Crippen LogP contribution >= 0.6 is 11.3 Å². The van der Waals surface area contributed by atoms with Crippen molar-refractivity contribution >= 4 is 37.2 Å². The molecule has 0 aliphatic heterocycles. The molecule has 0 spiro atoms. The highest BCUT2D eigenvalue weighted by Gasteiger charge is 2.05. The molecule has 2 heteroatoms. The number of nitrogens with two attached hydrogens (primary N) is 1. The molecule has 0 saturated carbocycles. The van der Waals surface area contributed by atoms with Gasteiger partial charge in [-0.1, -0.05) is 24.3 Å². The first-order valence-electron chi connectivity index (χ1n) is 4.52. The molecule has 0 aliphatic rings. The summed E-state index contributed by atoms with van der Waals surface area (Å²) in [5.74, 6) is 0. The van der Waals surface area contributed by atoms with Crippen LogP contribution < -0.4 is 5.73 Å². The first-order chi connectivity index (χ1) is 6.86. The number of fused-ring (bicyclic) bond motifs is 3. The van der Waals surface area contributed by atoms with Crippen molar-refractivity contribution in [1.29, 1.82) is 0 Å². The summed E-state index contributed by atoms with van der Waals surface area (Å²) < 4.78 is 2.58. The van der Waals surface area contributed by atoms with Gasteiger partial charge in [-0.25, -0.2) is 0 Å². The van der Waals surface area contributed by atoms with E-state index in [-0.39, 0.29) is 0 Å². The lowest BCUT2D eigenvalue weighted by Crippen LogP contribution is -1.83. The van der Waals surface area contributed by atoms with Crippen LogP contribution in [0.2, 0.25) is 0 Å². The lowest BCUT2D eigenvalue weighted by atomic mass is 10.1. The molecule has 0 unspecified atom stereocenters. The highest BCUT2D eigenvalue weighted by molar-refractivity contribution is 7.25. The smallest absolute Gasteiger partial charge is 0.0408 e. The van der Waals surface area contributed by atoms with Gasteiger partial charge in [0.1, 0.15) is 0 Å². The summed E-state index contributed by atoms with van der Waals surface area (Å²) in [6.07, 6.45) is 0. The van der Waals surface area contributed by atoms with Gasteiger partial charge in [-0.2, -0.15) is 0 Å². The average molecular weight is 199 g/mol. The quantitative estimate of drug-likeness (QED) is 0.550. The fraction of sp³-hybridized carbons (Fsp3) is 0. The van der Waals surface area contributed by atoms with Gasteiger partial charge in [-0.05, 0) is 18.2 Å². The van der Waals surface area contributed by atoms with Crippen LogP contribution in [0.5, 0.6) is 0 Å². The van der Waals surface area contributed by atoms with E-state index in [9.17, 15) is 0 Å². The lowest BCUT2D eigenvalue weighted by molar-refractivity contribution is 1.80. The zero-order valence-electron chi connectivity index (χ0n) is 7.53. The molecule has 2 aromatic carbocycles. The monoisotopic (exact) mass is 199 g/mol. The first kappa shape index (κ1) is 7.83. The van der Waals surface area contributed by atoms with Crippen LogP contribution in [0.4, 0.5) is 5.69 Å². The molecule has 1 heterocycles. The van der Waals surface area contributed by atoms with Gasteiger partial charge in [0.05, 0.1) is 0 Å². The van der Waals surface area contributed by atoms with E-state index < -0.39 is 0 Å². The van der Waals surface area contributed by atoms with Crippen molar-refractivity contribution in [2.75, 3.05) is 5.73 Å². The van der Waals surface area contributed by atoms with Gasteiger partial charge in [-0.15, -0.1) is 11.3 Å². The average Bonchev–Trinajstić information content (AvgIpc) is 2.57. The summed E-state index contributed by atoms with van der Waals surface area (Å²) in [6.45, 7) is 0. The molecule has 0 saturated heterocycles. The van der Waals surface area contributed by atoms with Gasteiger partial charge < -0.3 is 5.73 Å². The summed E-state index contributed by atoms with van der Waals surface area (Å²) in [6, 6.07) is 14.5. The van der Waals surface area contributed by atoms with Gasteiger partial charge in [0.2, 0.25) is 0 Å². The van der Waals surface area contributed by atoms with Gasteiger partial charge in [-0.3, -0.25) is 0 Å². The summed E-state index contributed by atoms with van der Waals surface area (Å²) in [7, 11) is 0. The molecule has 14 heavy (non-hydrogen) atoms. The Morgan fingerprint density at radius 2 is 1.64 bits per heavy atom. The summed E-state index contributed by atoms with van der Waals surface area (Å²) in [4.78, 5) is 0. The van der Waals surface area contributed by atoms with E-state index >= 15 is 0 Å². The van der Waals surface area contributed by atoms with Crippen molar-refractivity contribution < 1.29 is 0 Å². The molecule has 0 bridgehead atoms. The maximum absolute atomic E-state index is 5.97. The predicted molar refractivity (Wildman–Crippen MR) is 63.7 cm³/mol. The minimum atomic E-state index is 0.875. The normalized spacial score (nSPS) is 11.1. The Bertz CT molecular complexity index is 610. The Balaban J connectivity index is 2.65. The number of nitrogen functional groups attached to an aromatic ring is 1. The van der Waals surface area contributed by atoms with E-state index in [1.165, 1.54) is 20.2 Å². The van der Waals surface area contributed by atoms with Crippen LogP contribution in [-0.4, -0.2) is 0 Å². The summed E-state index contributed by atoms with van der Waals surface area (Å²) in [5.41, 5.74) is 6.85. The minimum absolute atomic E-state index is 0.875. The largest absolute Gasteiger partial charge is 0.398 e. The second kappa shape index (κ2) is 2.72. The van der Waals surface area contributed by atoms with E-state index in [1.54, 1.807) is 11.3 Å². The molecule has 0 amide bonds. The Labute approximate surface area is 85.8 Å². The van der Waals surface area contributed by atoms with Crippen molar-refractivity contribution in [3.63, 3.8) is 0 Å². The molecule has 3 rings (SSSR count). The number of benzene rings is 2. The van der Waals surface area contributed by atoms with Crippen LogP contribution in [0.15, 0.2) is 42.5 Å². The number of thiophene rings is 1. The molecule has 1 aromatic heterocycles. The highest BCUT2D eigenvalue weighted by atomic mass is 32.1. The van der Waals surface area contributed by atoms with E-state index in [1.807, 2.05) is 12.1 Å². The fourth-order valence-electron chi connectivity index (χ4n) is 1.80. The van der Waals surface area contributed by atoms with Crippen molar-refractivity contribution in [2.45, 2.75) is 0 Å².